The summed E-state index contributed by atoms with van der Waals surface area (Å²) in [7, 11) is 0. The van der Waals surface area contributed by atoms with E-state index >= 15 is 0 Å². The molecule has 0 aliphatic rings. The SMILES string of the molecule is NCCCc1nc(CSc2ccc(Cl)cc2)no1. The maximum absolute atomic E-state index is 5.82. The molecule has 1 aromatic heterocycles. The van der Waals surface area contributed by atoms with E-state index in [0.29, 0.717) is 24.0 Å². The van der Waals surface area contributed by atoms with Gasteiger partial charge >= 0.3 is 0 Å². The molecule has 0 saturated heterocycles. The summed E-state index contributed by atoms with van der Waals surface area (Å²) in [5, 5.41) is 4.67. The van der Waals surface area contributed by atoms with E-state index in [9.17, 15) is 0 Å². The largest absolute Gasteiger partial charge is 0.339 e. The Hall–Kier alpha value is -1.04. The molecule has 2 N–H and O–H groups in total. The first-order valence-electron chi connectivity index (χ1n) is 5.68. The summed E-state index contributed by atoms with van der Waals surface area (Å²) in [4.78, 5) is 5.43. The normalized spacial score (nSPS) is 10.8. The molecule has 0 radical (unpaired) electrons. The molecule has 0 unspecified atom stereocenters. The lowest BCUT2D eigenvalue weighted by atomic mass is 10.3. The molecular formula is C12H14ClN3OS. The molecule has 1 heterocycles. The minimum absolute atomic E-state index is 0.636. The Morgan fingerprint density at radius 3 is 2.78 bits per heavy atom. The third-order valence-corrected chi connectivity index (χ3v) is 3.55. The number of aromatic nitrogens is 2. The maximum atomic E-state index is 5.82. The number of halogens is 1. The number of hydrogen-bond donors (Lipinski definition) is 1. The first-order chi connectivity index (χ1) is 8.78. The molecule has 0 aliphatic heterocycles. The van der Waals surface area contributed by atoms with Crippen LogP contribution in [0, 0.1) is 0 Å². The van der Waals surface area contributed by atoms with Gasteiger partial charge in [-0.05, 0) is 37.2 Å². The summed E-state index contributed by atoms with van der Waals surface area (Å²) in [5.74, 6) is 2.06. The molecule has 18 heavy (non-hydrogen) atoms. The number of nitrogens with two attached hydrogens (primary N) is 1. The van der Waals surface area contributed by atoms with E-state index < -0.39 is 0 Å². The zero-order valence-electron chi connectivity index (χ0n) is 9.80. The Morgan fingerprint density at radius 1 is 1.28 bits per heavy atom. The van der Waals surface area contributed by atoms with Crippen molar-refractivity contribution in [3.05, 3.63) is 41.0 Å². The van der Waals surface area contributed by atoms with Gasteiger partial charge in [-0.15, -0.1) is 11.8 Å². The van der Waals surface area contributed by atoms with Crippen LogP contribution in [-0.2, 0) is 12.2 Å². The fourth-order valence-electron chi connectivity index (χ4n) is 1.38. The predicted octanol–water partition coefficient (Wildman–Crippen LogP) is 2.91. The highest BCUT2D eigenvalue weighted by Crippen LogP contribution is 2.23. The van der Waals surface area contributed by atoms with E-state index in [-0.39, 0.29) is 0 Å². The molecule has 0 aliphatic carbocycles. The summed E-state index contributed by atoms with van der Waals surface area (Å²) < 4.78 is 5.12. The van der Waals surface area contributed by atoms with Crippen LogP contribution in [0.5, 0.6) is 0 Å². The van der Waals surface area contributed by atoms with Gasteiger partial charge in [-0.25, -0.2) is 0 Å². The number of thioether (sulfide) groups is 1. The van der Waals surface area contributed by atoms with Gasteiger partial charge in [0.2, 0.25) is 5.89 Å². The van der Waals surface area contributed by atoms with Crippen molar-refractivity contribution in [1.29, 1.82) is 0 Å². The number of benzene rings is 1. The second-order valence-corrected chi connectivity index (χ2v) is 5.22. The topological polar surface area (TPSA) is 64.9 Å². The van der Waals surface area contributed by atoms with Gasteiger partial charge in [-0.2, -0.15) is 4.98 Å². The molecule has 4 nitrogen and oxygen atoms in total. The highest BCUT2D eigenvalue weighted by atomic mass is 35.5. The lowest BCUT2D eigenvalue weighted by Gasteiger charge is -1.97. The Kier molecular flexibility index (Phi) is 5.04. The van der Waals surface area contributed by atoms with E-state index in [1.54, 1.807) is 11.8 Å². The summed E-state index contributed by atoms with van der Waals surface area (Å²) in [6.07, 6.45) is 1.61. The van der Waals surface area contributed by atoms with Crippen LogP contribution in [0.1, 0.15) is 18.1 Å². The Bertz CT molecular complexity index is 486. The summed E-state index contributed by atoms with van der Waals surface area (Å²) in [5.41, 5.74) is 5.43. The molecule has 0 fully saturated rings. The highest BCUT2D eigenvalue weighted by Gasteiger charge is 2.06. The minimum Gasteiger partial charge on any atom is -0.339 e. The van der Waals surface area contributed by atoms with Gasteiger partial charge in [0.25, 0.3) is 0 Å². The molecule has 1 aromatic carbocycles. The molecule has 0 amide bonds. The number of nitrogens with zero attached hydrogens (tertiary/aromatic N) is 2. The van der Waals surface area contributed by atoms with Crippen LogP contribution < -0.4 is 5.73 Å². The van der Waals surface area contributed by atoms with E-state index in [2.05, 4.69) is 10.1 Å². The predicted molar refractivity (Wildman–Crippen MR) is 72.7 cm³/mol. The average Bonchev–Trinajstić information content (AvgIpc) is 2.84. The van der Waals surface area contributed by atoms with E-state index in [0.717, 1.165) is 22.8 Å². The van der Waals surface area contributed by atoms with Crippen molar-refractivity contribution >= 4 is 23.4 Å². The zero-order valence-corrected chi connectivity index (χ0v) is 11.4. The van der Waals surface area contributed by atoms with Gasteiger partial charge in [0, 0.05) is 16.3 Å². The van der Waals surface area contributed by atoms with Crippen LogP contribution in [0.15, 0.2) is 33.7 Å². The van der Waals surface area contributed by atoms with Crippen molar-refractivity contribution in [3.8, 4) is 0 Å². The van der Waals surface area contributed by atoms with Crippen LogP contribution in [0.3, 0.4) is 0 Å². The summed E-state index contributed by atoms with van der Waals surface area (Å²) in [6, 6.07) is 7.68. The van der Waals surface area contributed by atoms with Crippen molar-refractivity contribution < 1.29 is 4.52 Å². The molecular weight excluding hydrogens is 270 g/mol. The van der Waals surface area contributed by atoms with Crippen LogP contribution >= 0.6 is 23.4 Å². The van der Waals surface area contributed by atoms with Crippen LogP contribution in [0.25, 0.3) is 0 Å². The van der Waals surface area contributed by atoms with Crippen molar-refractivity contribution in [2.45, 2.75) is 23.5 Å². The third-order valence-electron chi connectivity index (χ3n) is 2.29. The zero-order chi connectivity index (χ0) is 12.8. The van der Waals surface area contributed by atoms with Gasteiger partial charge < -0.3 is 10.3 Å². The fraction of sp³-hybridized carbons (Fsp3) is 0.333. The molecule has 2 aromatic rings. The van der Waals surface area contributed by atoms with Gasteiger partial charge in [0.05, 0.1) is 5.75 Å². The Balaban J connectivity index is 1.86. The van der Waals surface area contributed by atoms with Crippen LogP contribution in [0.2, 0.25) is 5.02 Å². The number of aryl methyl sites for hydroxylation is 1. The van der Waals surface area contributed by atoms with Crippen molar-refractivity contribution in [2.24, 2.45) is 5.73 Å². The molecule has 0 spiro atoms. The monoisotopic (exact) mass is 283 g/mol. The molecule has 6 heteroatoms. The quantitative estimate of drug-likeness (QED) is 0.826. The lowest BCUT2D eigenvalue weighted by Crippen LogP contribution is -2.00. The second kappa shape index (κ2) is 6.78. The Labute approximate surface area is 115 Å². The van der Waals surface area contributed by atoms with Crippen molar-refractivity contribution in [3.63, 3.8) is 0 Å². The molecule has 0 bridgehead atoms. The van der Waals surface area contributed by atoms with Gasteiger partial charge in [0.1, 0.15) is 0 Å². The molecule has 96 valence electrons. The van der Waals surface area contributed by atoms with Crippen molar-refractivity contribution in [2.75, 3.05) is 6.54 Å². The molecule has 0 saturated carbocycles. The lowest BCUT2D eigenvalue weighted by molar-refractivity contribution is 0.372. The first kappa shape index (κ1) is 13.4. The van der Waals surface area contributed by atoms with Gasteiger partial charge in [0.15, 0.2) is 5.82 Å². The smallest absolute Gasteiger partial charge is 0.226 e. The third kappa shape index (κ3) is 4.01. The number of rotatable bonds is 6. The van der Waals surface area contributed by atoms with E-state index in [1.165, 1.54) is 0 Å². The molecule has 0 atom stereocenters. The summed E-state index contributed by atoms with van der Waals surface area (Å²) >= 11 is 7.47. The van der Waals surface area contributed by atoms with Crippen LogP contribution in [0.4, 0.5) is 0 Å². The highest BCUT2D eigenvalue weighted by molar-refractivity contribution is 7.98. The van der Waals surface area contributed by atoms with Crippen molar-refractivity contribution in [1.82, 2.24) is 10.1 Å². The maximum Gasteiger partial charge on any atom is 0.226 e. The van der Waals surface area contributed by atoms with Crippen LogP contribution in [-0.4, -0.2) is 16.7 Å². The van der Waals surface area contributed by atoms with E-state index in [4.69, 9.17) is 21.9 Å². The standard InChI is InChI=1S/C12H14ClN3OS/c13-9-3-5-10(6-4-9)18-8-11-15-12(17-16-11)2-1-7-14/h3-6H,1-2,7-8,14H2. The van der Waals surface area contributed by atoms with Gasteiger partial charge in [-0.1, -0.05) is 16.8 Å². The van der Waals surface area contributed by atoms with Gasteiger partial charge in [-0.3, -0.25) is 0 Å². The summed E-state index contributed by atoms with van der Waals surface area (Å²) in [6.45, 7) is 0.636. The molecule has 2 rings (SSSR count). The number of hydrogen-bond acceptors (Lipinski definition) is 5. The Morgan fingerprint density at radius 2 is 2.06 bits per heavy atom. The van der Waals surface area contributed by atoms with E-state index in [1.807, 2.05) is 24.3 Å². The fourth-order valence-corrected chi connectivity index (χ4v) is 2.25. The minimum atomic E-state index is 0.636. The first-order valence-corrected chi connectivity index (χ1v) is 7.04. The average molecular weight is 284 g/mol. The second-order valence-electron chi connectivity index (χ2n) is 3.74.